The van der Waals surface area contributed by atoms with Crippen molar-refractivity contribution in [2.24, 2.45) is 5.41 Å². The van der Waals surface area contributed by atoms with Crippen LogP contribution in [-0.4, -0.2) is 28.6 Å². The maximum Gasteiger partial charge on any atom is 0.176 e. The minimum absolute atomic E-state index is 0.0134. The summed E-state index contributed by atoms with van der Waals surface area (Å²) in [6.45, 7) is 6.81. The molecule has 0 saturated heterocycles. The van der Waals surface area contributed by atoms with Crippen LogP contribution >= 0.6 is 0 Å². The van der Waals surface area contributed by atoms with Crippen molar-refractivity contribution in [3.05, 3.63) is 46.9 Å². The van der Waals surface area contributed by atoms with Crippen molar-refractivity contribution in [1.29, 1.82) is 0 Å². The highest BCUT2D eigenvalue weighted by molar-refractivity contribution is 6.13. The minimum Gasteiger partial charge on any atom is -0.511 e. The fourth-order valence-corrected chi connectivity index (χ4v) is 3.49. The van der Waals surface area contributed by atoms with Crippen molar-refractivity contribution in [2.45, 2.75) is 40.0 Å². The lowest BCUT2D eigenvalue weighted by Crippen LogP contribution is -2.70. The first-order valence-corrected chi connectivity index (χ1v) is 8.45. The van der Waals surface area contributed by atoms with Crippen LogP contribution in [0, 0.1) is 12.3 Å². The van der Waals surface area contributed by atoms with Gasteiger partial charge in [0.25, 0.3) is 0 Å². The predicted molar refractivity (Wildman–Crippen MR) is 96.3 cm³/mol. The van der Waals surface area contributed by atoms with Crippen LogP contribution in [0.5, 0.6) is 0 Å². The number of aliphatic hydroxyl groups excluding tert-OH is 1. The molecule has 0 radical (unpaired) electrons. The van der Waals surface area contributed by atoms with Crippen molar-refractivity contribution in [3.8, 4) is 0 Å². The molecule has 0 spiro atoms. The SMILES string of the molecule is Cc1[nH]c2ccccc2c1CC[NH+]=CC1=C(O)CC(C)(C)CC1=O. The Bertz CT molecular complexity index is 840. The number of hydrogen-bond donors (Lipinski definition) is 3. The Morgan fingerprint density at radius 1 is 1.29 bits per heavy atom. The van der Waals surface area contributed by atoms with E-state index >= 15 is 0 Å². The molecule has 0 aliphatic heterocycles. The summed E-state index contributed by atoms with van der Waals surface area (Å²) in [5.41, 5.74) is 3.90. The molecule has 126 valence electrons. The van der Waals surface area contributed by atoms with E-state index < -0.39 is 0 Å². The number of aliphatic hydroxyl groups is 1. The van der Waals surface area contributed by atoms with Gasteiger partial charge in [0, 0.05) is 35.9 Å². The number of aryl methyl sites for hydroxylation is 1. The normalized spacial score (nSPS) is 18.0. The van der Waals surface area contributed by atoms with Crippen LogP contribution in [0.1, 0.15) is 37.9 Å². The van der Waals surface area contributed by atoms with Gasteiger partial charge in [-0.05, 0) is 24.0 Å². The van der Waals surface area contributed by atoms with Gasteiger partial charge in [-0.15, -0.1) is 0 Å². The molecule has 0 unspecified atom stereocenters. The molecule has 0 atom stereocenters. The molecule has 0 bridgehead atoms. The van der Waals surface area contributed by atoms with Crippen molar-refractivity contribution < 1.29 is 14.9 Å². The molecule has 1 aliphatic carbocycles. The lowest BCUT2D eigenvalue weighted by atomic mass is 9.77. The average molecular weight is 325 g/mol. The van der Waals surface area contributed by atoms with Crippen LogP contribution in [0.3, 0.4) is 0 Å². The molecule has 0 amide bonds. The smallest absolute Gasteiger partial charge is 0.176 e. The summed E-state index contributed by atoms with van der Waals surface area (Å²) in [4.78, 5) is 18.8. The average Bonchev–Trinajstić information content (AvgIpc) is 2.80. The Morgan fingerprint density at radius 3 is 2.79 bits per heavy atom. The van der Waals surface area contributed by atoms with Gasteiger partial charge in [-0.3, -0.25) is 4.79 Å². The number of rotatable bonds is 4. The first-order chi connectivity index (χ1) is 11.4. The summed E-state index contributed by atoms with van der Waals surface area (Å²) in [6.07, 6.45) is 3.57. The number of para-hydroxylation sites is 1. The first-order valence-electron chi connectivity index (χ1n) is 8.45. The summed E-state index contributed by atoms with van der Waals surface area (Å²) in [7, 11) is 0. The van der Waals surface area contributed by atoms with Crippen molar-refractivity contribution in [1.82, 2.24) is 4.98 Å². The maximum atomic E-state index is 12.2. The zero-order valence-corrected chi connectivity index (χ0v) is 14.6. The number of H-pyrrole nitrogens is 1. The van der Waals surface area contributed by atoms with Gasteiger partial charge in [-0.2, -0.15) is 0 Å². The number of allylic oxidation sites excluding steroid dienone is 2. The maximum absolute atomic E-state index is 12.2. The van der Waals surface area contributed by atoms with E-state index in [9.17, 15) is 9.90 Å². The molecule has 0 fully saturated rings. The molecule has 1 aliphatic rings. The van der Waals surface area contributed by atoms with Gasteiger partial charge in [0.2, 0.25) is 0 Å². The molecule has 2 aromatic rings. The summed E-state index contributed by atoms with van der Waals surface area (Å²) < 4.78 is 0. The molecule has 1 heterocycles. The van der Waals surface area contributed by atoms with Crippen LogP contribution in [-0.2, 0) is 11.2 Å². The van der Waals surface area contributed by atoms with Crippen LogP contribution in [0.4, 0.5) is 0 Å². The highest BCUT2D eigenvalue weighted by Gasteiger charge is 2.33. The Labute approximate surface area is 142 Å². The standard InChI is InChI=1S/C20H24N2O2/c1-13-14(15-6-4-5-7-17(15)22-13)8-9-21-12-16-18(23)10-20(2,3)11-19(16)24/h4-7,12,22-23H,8-11H2,1-3H3/p+1. The third kappa shape index (κ3) is 3.28. The van der Waals surface area contributed by atoms with Gasteiger partial charge < -0.3 is 10.1 Å². The van der Waals surface area contributed by atoms with Crippen LogP contribution in [0.25, 0.3) is 10.9 Å². The summed E-state index contributed by atoms with van der Waals surface area (Å²) in [5.74, 6) is 0.214. The molecular formula is C20H25N2O2+. The topological polar surface area (TPSA) is 67.1 Å². The largest absolute Gasteiger partial charge is 0.511 e. The van der Waals surface area contributed by atoms with E-state index in [4.69, 9.17) is 0 Å². The zero-order valence-electron chi connectivity index (χ0n) is 14.6. The number of hydrogen-bond acceptors (Lipinski definition) is 2. The lowest BCUT2D eigenvalue weighted by Gasteiger charge is -2.27. The highest BCUT2D eigenvalue weighted by Crippen LogP contribution is 2.34. The van der Waals surface area contributed by atoms with E-state index in [1.165, 1.54) is 16.6 Å². The molecule has 3 N–H and O–H groups in total. The Kier molecular flexibility index (Phi) is 4.31. The summed E-state index contributed by atoms with van der Waals surface area (Å²) >= 11 is 0. The number of fused-ring (bicyclic) bond motifs is 1. The molecule has 4 nitrogen and oxygen atoms in total. The third-order valence-electron chi connectivity index (χ3n) is 4.69. The fourth-order valence-electron chi connectivity index (χ4n) is 3.49. The zero-order chi connectivity index (χ0) is 17.3. The number of carbonyl (C=O) groups excluding carboxylic acids is 1. The fraction of sp³-hybridized carbons (Fsp3) is 0.400. The summed E-state index contributed by atoms with van der Waals surface area (Å²) in [6, 6.07) is 8.28. The summed E-state index contributed by atoms with van der Waals surface area (Å²) in [5, 5.41) is 11.4. The van der Waals surface area contributed by atoms with Gasteiger partial charge in [-0.25, -0.2) is 4.99 Å². The van der Waals surface area contributed by atoms with E-state index in [0.717, 1.165) is 18.5 Å². The second-order valence-electron chi connectivity index (χ2n) is 7.42. The number of benzene rings is 1. The molecule has 24 heavy (non-hydrogen) atoms. The Morgan fingerprint density at radius 2 is 2.04 bits per heavy atom. The lowest BCUT2D eigenvalue weighted by molar-refractivity contribution is -0.450. The predicted octanol–water partition coefficient (Wildman–Crippen LogP) is 2.37. The molecule has 1 aromatic carbocycles. The minimum atomic E-state index is -0.153. The molecule has 1 aromatic heterocycles. The van der Waals surface area contributed by atoms with Gasteiger partial charge >= 0.3 is 0 Å². The van der Waals surface area contributed by atoms with E-state index in [0.29, 0.717) is 18.4 Å². The second-order valence-corrected chi connectivity index (χ2v) is 7.42. The molecule has 0 saturated carbocycles. The first kappa shape index (κ1) is 16.5. The number of ketones is 1. The number of aromatic nitrogens is 1. The number of aromatic amines is 1. The van der Waals surface area contributed by atoms with Crippen LogP contribution in [0.15, 0.2) is 35.6 Å². The van der Waals surface area contributed by atoms with Crippen LogP contribution in [0.2, 0.25) is 0 Å². The number of nitrogens with one attached hydrogen (secondary N) is 2. The van der Waals surface area contributed by atoms with Gasteiger partial charge in [0.15, 0.2) is 12.0 Å². The monoisotopic (exact) mass is 325 g/mol. The Hall–Kier alpha value is -2.36. The van der Waals surface area contributed by atoms with E-state index in [1.807, 2.05) is 26.0 Å². The molecule has 3 rings (SSSR count). The third-order valence-corrected chi connectivity index (χ3v) is 4.69. The number of Topliss-reactive ketones (excluding diaryl/α,β-unsaturated/α-hetero) is 1. The van der Waals surface area contributed by atoms with Crippen molar-refractivity contribution in [2.75, 3.05) is 6.54 Å². The van der Waals surface area contributed by atoms with E-state index in [-0.39, 0.29) is 17.0 Å². The molecular weight excluding hydrogens is 300 g/mol. The van der Waals surface area contributed by atoms with Crippen LogP contribution < -0.4 is 4.99 Å². The van der Waals surface area contributed by atoms with E-state index in [2.05, 4.69) is 29.0 Å². The number of carbonyl (C=O) groups is 1. The van der Waals surface area contributed by atoms with E-state index in [1.54, 1.807) is 6.21 Å². The van der Waals surface area contributed by atoms with Crippen molar-refractivity contribution in [3.63, 3.8) is 0 Å². The van der Waals surface area contributed by atoms with Gasteiger partial charge in [0.1, 0.15) is 17.9 Å². The van der Waals surface area contributed by atoms with Crippen molar-refractivity contribution >= 4 is 22.9 Å². The Balaban J connectivity index is 1.71. The van der Waals surface area contributed by atoms with Gasteiger partial charge in [-0.1, -0.05) is 32.0 Å². The highest BCUT2D eigenvalue weighted by atomic mass is 16.3. The second kappa shape index (κ2) is 6.27. The quantitative estimate of drug-likeness (QED) is 0.756. The molecule has 4 heteroatoms. The van der Waals surface area contributed by atoms with Gasteiger partial charge in [0.05, 0.1) is 0 Å².